The summed E-state index contributed by atoms with van der Waals surface area (Å²) >= 11 is 0. The summed E-state index contributed by atoms with van der Waals surface area (Å²) in [5.74, 6) is 2.08. The van der Waals surface area contributed by atoms with Gasteiger partial charge in [0.1, 0.15) is 5.82 Å². The van der Waals surface area contributed by atoms with E-state index < -0.39 is 0 Å². The Hall–Kier alpha value is -3.00. The lowest BCUT2D eigenvalue weighted by Gasteiger charge is -2.22. The van der Waals surface area contributed by atoms with Gasteiger partial charge in [-0.15, -0.1) is 10.2 Å². The Bertz CT molecular complexity index is 951. The van der Waals surface area contributed by atoms with Crippen LogP contribution in [-0.4, -0.2) is 43.6 Å². The molecule has 1 atom stereocenters. The van der Waals surface area contributed by atoms with Gasteiger partial charge in [-0.3, -0.25) is 14.7 Å². The molecular weight excluding hydrogens is 380 g/mol. The number of hydrogen-bond acceptors (Lipinski definition) is 6. The van der Waals surface area contributed by atoms with Crippen LogP contribution in [0.2, 0.25) is 0 Å². The van der Waals surface area contributed by atoms with Crippen molar-refractivity contribution in [2.75, 3.05) is 13.1 Å². The minimum absolute atomic E-state index is 0.138. The van der Waals surface area contributed by atoms with Crippen molar-refractivity contribution in [1.29, 1.82) is 0 Å². The lowest BCUT2D eigenvalue weighted by atomic mass is 10.0. The van der Waals surface area contributed by atoms with Gasteiger partial charge in [-0.05, 0) is 30.5 Å². The van der Waals surface area contributed by atoms with Crippen molar-refractivity contribution in [3.8, 4) is 0 Å². The predicted octanol–water partition coefficient (Wildman–Crippen LogP) is 2.84. The third kappa shape index (κ3) is 4.76. The SMILES string of the molecule is CC(C)CC(NC(=O)c1cccnc1)c1nnc2n1CCN(Cc1ccoc1)CC2. The summed E-state index contributed by atoms with van der Waals surface area (Å²) in [5, 5.41) is 12.1. The summed E-state index contributed by atoms with van der Waals surface area (Å²) in [6, 6.07) is 5.35. The third-order valence-electron chi connectivity index (χ3n) is 5.38. The van der Waals surface area contributed by atoms with Gasteiger partial charge in [0, 0.05) is 50.6 Å². The van der Waals surface area contributed by atoms with Crippen LogP contribution >= 0.6 is 0 Å². The molecule has 1 N–H and O–H groups in total. The van der Waals surface area contributed by atoms with E-state index in [1.54, 1.807) is 37.1 Å². The predicted molar refractivity (Wildman–Crippen MR) is 112 cm³/mol. The number of hydrogen-bond donors (Lipinski definition) is 1. The molecule has 1 unspecified atom stereocenters. The van der Waals surface area contributed by atoms with Gasteiger partial charge in [-0.2, -0.15) is 0 Å². The smallest absolute Gasteiger partial charge is 0.253 e. The van der Waals surface area contributed by atoms with Crippen LogP contribution in [0.5, 0.6) is 0 Å². The molecule has 0 saturated carbocycles. The number of nitrogens with one attached hydrogen (secondary N) is 1. The Morgan fingerprint density at radius 3 is 2.87 bits per heavy atom. The lowest BCUT2D eigenvalue weighted by Crippen LogP contribution is -2.32. The summed E-state index contributed by atoms with van der Waals surface area (Å²) < 4.78 is 7.38. The van der Waals surface area contributed by atoms with Crippen LogP contribution in [0.3, 0.4) is 0 Å². The van der Waals surface area contributed by atoms with Crippen LogP contribution in [0.25, 0.3) is 0 Å². The van der Waals surface area contributed by atoms with Crippen molar-refractivity contribution >= 4 is 5.91 Å². The van der Waals surface area contributed by atoms with Crippen LogP contribution in [0.1, 0.15) is 53.9 Å². The van der Waals surface area contributed by atoms with Crippen molar-refractivity contribution < 1.29 is 9.21 Å². The van der Waals surface area contributed by atoms with Crippen LogP contribution in [0.4, 0.5) is 0 Å². The highest BCUT2D eigenvalue weighted by atomic mass is 16.3. The molecule has 0 fully saturated rings. The van der Waals surface area contributed by atoms with Crippen molar-refractivity contribution in [3.63, 3.8) is 0 Å². The van der Waals surface area contributed by atoms with Gasteiger partial charge in [-0.1, -0.05) is 13.8 Å². The number of aromatic nitrogens is 4. The number of carbonyl (C=O) groups is 1. The summed E-state index contributed by atoms with van der Waals surface area (Å²) in [4.78, 5) is 19.2. The summed E-state index contributed by atoms with van der Waals surface area (Å²) in [6.45, 7) is 7.77. The van der Waals surface area contributed by atoms with Crippen LogP contribution in [0.15, 0.2) is 47.5 Å². The number of fused-ring (bicyclic) bond motifs is 1. The molecule has 8 nitrogen and oxygen atoms in total. The van der Waals surface area contributed by atoms with Crippen molar-refractivity contribution in [3.05, 3.63) is 65.9 Å². The fraction of sp³-hybridized carbons (Fsp3) is 0.455. The van der Waals surface area contributed by atoms with E-state index in [0.29, 0.717) is 11.5 Å². The maximum Gasteiger partial charge on any atom is 0.253 e. The highest BCUT2D eigenvalue weighted by molar-refractivity contribution is 5.94. The average molecular weight is 409 g/mol. The van der Waals surface area contributed by atoms with E-state index in [9.17, 15) is 4.79 Å². The molecule has 0 spiro atoms. The zero-order chi connectivity index (χ0) is 20.9. The van der Waals surface area contributed by atoms with Gasteiger partial charge in [0.15, 0.2) is 5.82 Å². The molecule has 0 radical (unpaired) electrons. The molecule has 0 bridgehead atoms. The van der Waals surface area contributed by atoms with Crippen molar-refractivity contribution in [2.45, 2.75) is 45.8 Å². The molecule has 30 heavy (non-hydrogen) atoms. The summed E-state index contributed by atoms with van der Waals surface area (Å²) in [7, 11) is 0. The Labute approximate surface area is 176 Å². The number of nitrogens with zero attached hydrogens (tertiary/aromatic N) is 5. The molecular formula is C22H28N6O2. The molecule has 3 aromatic heterocycles. The highest BCUT2D eigenvalue weighted by Crippen LogP contribution is 2.23. The van der Waals surface area contributed by atoms with E-state index in [2.05, 4.69) is 43.8 Å². The zero-order valence-corrected chi connectivity index (χ0v) is 17.5. The first kappa shape index (κ1) is 20.3. The van der Waals surface area contributed by atoms with Crippen LogP contribution in [0, 0.1) is 5.92 Å². The molecule has 3 aromatic rings. The molecule has 4 rings (SSSR count). The number of pyridine rings is 1. The monoisotopic (exact) mass is 408 g/mol. The van der Waals surface area contributed by atoms with Gasteiger partial charge < -0.3 is 14.3 Å². The van der Waals surface area contributed by atoms with Gasteiger partial charge in [-0.25, -0.2) is 0 Å². The molecule has 4 heterocycles. The van der Waals surface area contributed by atoms with Crippen molar-refractivity contribution in [2.24, 2.45) is 5.92 Å². The minimum atomic E-state index is -0.195. The van der Waals surface area contributed by atoms with Gasteiger partial charge in [0.2, 0.25) is 0 Å². The van der Waals surface area contributed by atoms with E-state index in [0.717, 1.165) is 50.7 Å². The van der Waals surface area contributed by atoms with Crippen molar-refractivity contribution in [1.82, 2.24) is 30.0 Å². The Balaban J connectivity index is 1.50. The fourth-order valence-electron chi connectivity index (χ4n) is 3.88. The Kier molecular flexibility index (Phi) is 6.23. The Morgan fingerprint density at radius 1 is 1.23 bits per heavy atom. The first-order valence-corrected chi connectivity index (χ1v) is 10.5. The lowest BCUT2D eigenvalue weighted by molar-refractivity contribution is 0.0928. The van der Waals surface area contributed by atoms with Gasteiger partial charge >= 0.3 is 0 Å². The van der Waals surface area contributed by atoms with Gasteiger partial charge in [0.25, 0.3) is 5.91 Å². The topological polar surface area (TPSA) is 89.1 Å². The first-order chi connectivity index (χ1) is 14.6. The summed E-state index contributed by atoms with van der Waals surface area (Å²) in [5.41, 5.74) is 1.72. The molecule has 0 aromatic carbocycles. The second-order valence-corrected chi connectivity index (χ2v) is 8.18. The van der Waals surface area contributed by atoms with E-state index >= 15 is 0 Å². The highest BCUT2D eigenvalue weighted by Gasteiger charge is 2.26. The number of carbonyl (C=O) groups excluding carboxylic acids is 1. The molecule has 8 heteroatoms. The largest absolute Gasteiger partial charge is 0.472 e. The molecule has 0 aliphatic carbocycles. The van der Waals surface area contributed by atoms with Crippen LogP contribution < -0.4 is 5.32 Å². The van der Waals surface area contributed by atoms with E-state index in [-0.39, 0.29) is 11.9 Å². The standard InChI is InChI=1S/C22H28N6O2/c1-16(2)12-19(24-22(29)18-4-3-7-23-13-18)21-26-25-20-5-8-27(9-10-28(20)21)14-17-6-11-30-15-17/h3-4,6-7,11,13,15-16,19H,5,8-10,12,14H2,1-2H3,(H,24,29). The quantitative estimate of drug-likeness (QED) is 0.647. The van der Waals surface area contributed by atoms with Crippen LogP contribution in [-0.2, 0) is 19.5 Å². The van der Waals surface area contributed by atoms with E-state index in [1.165, 1.54) is 5.56 Å². The molecule has 158 valence electrons. The zero-order valence-electron chi connectivity index (χ0n) is 17.5. The van der Waals surface area contributed by atoms with E-state index in [1.807, 2.05) is 6.07 Å². The van der Waals surface area contributed by atoms with E-state index in [4.69, 9.17) is 4.42 Å². The average Bonchev–Trinajstić information content (AvgIpc) is 3.35. The maximum atomic E-state index is 12.8. The Morgan fingerprint density at radius 2 is 2.13 bits per heavy atom. The second-order valence-electron chi connectivity index (χ2n) is 8.18. The third-order valence-corrected chi connectivity index (χ3v) is 5.38. The summed E-state index contributed by atoms with van der Waals surface area (Å²) in [6.07, 6.45) is 8.37. The molecule has 1 amide bonds. The fourth-order valence-corrected chi connectivity index (χ4v) is 3.88. The molecule has 1 aliphatic heterocycles. The molecule has 1 aliphatic rings. The van der Waals surface area contributed by atoms with Gasteiger partial charge in [0.05, 0.1) is 24.1 Å². The number of rotatable bonds is 7. The normalized spacial score (nSPS) is 15.6. The second kappa shape index (κ2) is 9.21. The maximum absolute atomic E-state index is 12.8. The molecule has 0 saturated heterocycles. The number of amides is 1. The minimum Gasteiger partial charge on any atom is -0.472 e. The first-order valence-electron chi connectivity index (χ1n) is 10.5. The number of furan rings is 1.